The van der Waals surface area contributed by atoms with E-state index in [1.165, 1.54) is 6.07 Å². The van der Waals surface area contributed by atoms with Gasteiger partial charge in [0.05, 0.1) is 15.5 Å². The van der Waals surface area contributed by atoms with Gasteiger partial charge in [0.15, 0.2) is 0 Å². The number of benzene rings is 1. The minimum atomic E-state index is -3.76. The quantitative estimate of drug-likeness (QED) is 0.671. The Morgan fingerprint density at radius 2 is 2.10 bits per heavy atom. The van der Waals surface area contributed by atoms with Crippen molar-refractivity contribution in [3.63, 3.8) is 0 Å². The molecule has 0 aliphatic rings. The molecule has 21 heavy (non-hydrogen) atoms. The Kier molecular flexibility index (Phi) is 6.60. The van der Waals surface area contributed by atoms with Gasteiger partial charge in [-0.05, 0) is 30.5 Å². The van der Waals surface area contributed by atoms with Crippen LogP contribution in [0.15, 0.2) is 23.1 Å². The summed E-state index contributed by atoms with van der Waals surface area (Å²) in [5.74, 6) is -1.18. The van der Waals surface area contributed by atoms with Crippen molar-refractivity contribution in [3.8, 4) is 0 Å². The molecule has 0 saturated heterocycles. The van der Waals surface area contributed by atoms with Gasteiger partial charge in [0, 0.05) is 13.2 Å². The highest BCUT2D eigenvalue weighted by Gasteiger charge is 2.19. The van der Waals surface area contributed by atoms with Gasteiger partial charge in [0.25, 0.3) is 0 Å². The van der Waals surface area contributed by atoms with Crippen LogP contribution in [0.3, 0.4) is 0 Å². The van der Waals surface area contributed by atoms with E-state index in [1.54, 1.807) is 0 Å². The van der Waals surface area contributed by atoms with Crippen LogP contribution >= 0.6 is 11.6 Å². The highest BCUT2D eigenvalue weighted by atomic mass is 35.5. The first-order chi connectivity index (χ1) is 9.81. The molecule has 1 aromatic rings. The number of hydrogen-bond donors (Lipinski definition) is 3. The highest BCUT2D eigenvalue weighted by molar-refractivity contribution is 7.89. The third-order valence-corrected chi connectivity index (χ3v) is 4.89. The molecule has 118 valence electrons. The predicted octanol–water partition coefficient (Wildman–Crippen LogP) is 1.73. The van der Waals surface area contributed by atoms with E-state index in [0.29, 0.717) is 6.42 Å². The van der Waals surface area contributed by atoms with Gasteiger partial charge in [0.1, 0.15) is 0 Å². The lowest BCUT2D eigenvalue weighted by molar-refractivity contribution is 0.0697. The number of carbonyl (C=O) groups is 1. The first kappa shape index (κ1) is 17.9. The van der Waals surface area contributed by atoms with Gasteiger partial charge < -0.3 is 10.2 Å². The predicted molar refractivity (Wildman–Crippen MR) is 79.1 cm³/mol. The molecule has 0 fully saturated rings. The average molecular weight is 336 g/mol. The van der Waals surface area contributed by atoms with Crippen LogP contribution in [0.25, 0.3) is 0 Å². The maximum atomic E-state index is 12.1. The van der Waals surface area contributed by atoms with Gasteiger partial charge >= 0.3 is 5.97 Å². The van der Waals surface area contributed by atoms with E-state index in [2.05, 4.69) is 4.72 Å². The third kappa shape index (κ3) is 4.96. The molecule has 0 aliphatic heterocycles. The molecule has 0 aliphatic carbocycles. The molecule has 0 saturated carbocycles. The van der Waals surface area contributed by atoms with Crippen LogP contribution in [0, 0.1) is 5.92 Å². The Bertz CT molecular complexity index is 603. The number of halogens is 1. The van der Waals surface area contributed by atoms with Crippen molar-refractivity contribution in [3.05, 3.63) is 28.8 Å². The van der Waals surface area contributed by atoms with Gasteiger partial charge in [-0.25, -0.2) is 17.9 Å². The van der Waals surface area contributed by atoms with Gasteiger partial charge in [-0.1, -0.05) is 24.9 Å². The van der Waals surface area contributed by atoms with Crippen LogP contribution in [0.5, 0.6) is 0 Å². The van der Waals surface area contributed by atoms with Gasteiger partial charge in [0.2, 0.25) is 10.0 Å². The van der Waals surface area contributed by atoms with E-state index in [9.17, 15) is 13.2 Å². The highest BCUT2D eigenvalue weighted by Crippen LogP contribution is 2.21. The molecule has 0 spiro atoms. The van der Waals surface area contributed by atoms with Crippen LogP contribution in [-0.2, 0) is 10.0 Å². The van der Waals surface area contributed by atoms with Gasteiger partial charge in [-0.15, -0.1) is 0 Å². The lowest BCUT2D eigenvalue weighted by Crippen LogP contribution is -2.29. The van der Waals surface area contributed by atoms with Crippen molar-refractivity contribution >= 4 is 27.6 Å². The number of aliphatic hydroxyl groups is 1. The second kappa shape index (κ2) is 7.74. The summed E-state index contributed by atoms with van der Waals surface area (Å²) < 4.78 is 26.7. The van der Waals surface area contributed by atoms with E-state index in [1.807, 2.05) is 6.92 Å². The Morgan fingerprint density at radius 3 is 2.57 bits per heavy atom. The minimum absolute atomic E-state index is 0.000624. The fourth-order valence-electron chi connectivity index (χ4n) is 1.78. The zero-order chi connectivity index (χ0) is 16.0. The normalized spacial score (nSPS) is 13.1. The fraction of sp³-hybridized carbons (Fsp3) is 0.462. The van der Waals surface area contributed by atoms with Gasteiger partial charge in [-0.3, -0.25) is 0 Å². The van der Waals surface area contributed by atoms with Crippen LogP contribution in [-0.4, -0.2) is 37.8 Å². The van der Waals surface area contributed by atoms with E-state index in [-0.39, 0.29) is 34.6 Å². The summed E-state index contributed by atoms with van der Waals surface area (Å²) in [6.07, 6.45) is 1.25. The molecular formula is C13H18ClNO5S. The first-order valence-corrected chi connectivity index (χ1v) is 8.31. The number of nitrogens with one attached hydrogen (secondary N) is 1. The van der Waals surface area contributed by atoms with Gasteiger partial charge in [-0.2, -0.15) is 0 Å². The standard InChI is InChI=1S/C13H18ClNO5S/c1-2-9(5-6-16)8-15-21(19,20)10-3-4-11(13(17)18)12(14)7-10/h3-4,7,9,15-16H,2,5-6,8H2,1H3,(H,17,18). The fourth-order valence-corrected chi connectivity index (χ4v) is 3.25. The lowest BCUT2D eigenvalue weighted by Gasteiger charge is -2.14. The molecule has 3 N–H and O–H groups in total. The van der Waals surface area contributed by atoms with Crippen LogP contribution in [0.4, 0.5) is 0 Å². The number of carboxylic acids is 1. The molecule has 8 heteroatoms. The molecule has 0 bridgehead atoms. The third-order valence-electron chi connectivity index (χ3n) is 3.16. The summed E-state index contributed by atoms with van der Waals surface area (Å²) in [4.78, 5) is 10.7. The van der Waals surface area contributed by atoms with Crippen LogP contribution in [0.1, 0.15) is 30.1 Å². The Hall–Kier alpha value is -1.15. The second-order valence-electron chi connectivity index (χ2n) is 4.59. The zero-order valence-electron chi connectivity index (χ0n) is 11.5. The van der Waals surface area contributed by atoms with E-state index in [4.69, 9.17) is 21.8 Å². The maximum Gasteiger partial charge on any atom is 0.337 e. The average Bonchev–Trinajstić information content (AvgIpc) is 2.42. The molecule has 0 aromatic heterocycles. The Labute approximate surface area is 128 Å². The van der Waals surface area contributed by atoms with Crippen molar-refractivity contribution in [2.75, 3.05) is 13.2 Å². The Morgan fingerprint density at radius 1 is 1.43 bits per heavy atom. The summed E-state index contributed by atoms with van der Waals surface area (Å²) in [5, 5.41) is 17.6. The van der Waals surface area contributed by atoms with Crippen molar-refractivity contribution in [1.29, 1.82) is 0 Å². The minimum Gasteiger partial charge on any atom is -0.478 e. The summed E-state index contributed by atoms with van der Waals surface area (Å²) >= 11 is 5.76. The smallest absolute Gasteiger partial charge is 0.337 e. The molecule has 0 radical (unpaired) electrons. The van der Waals surface area contributed by atoms with E-state index in [0.717, 1.165) is 18.6 Å². The number of aliphatic hydroxyl groups excluding tert-OH is 1. The molecule has 1 aromatic carbocycles. The number of aromatic carboxylic acids is 1. The van der Waals surface area contributed by atoms with Crippen molar-refractivity contribution in [1.82, 2.24) is 4.72 Å². The number of rotatable bonds is 8. The zero-order valence-corrected chi connectivity index (χ0v) is 13.1. The number of sulfonamides is 1. The SMILES string of the molecule is CCC(CCO)CNS(=O)(=O)c1ccc(C(=O)O)c(Cl)c1. The summed E-state index contributed by atoms with van der Waals surface area (Å²) in [6, 6.07) is 3.47. The summed E-state index contributed by atoms with van der Waals surface area (Å²) in [5.41, 5.74) is -0.151. The summed E-state index contributed by atoms with van der Waals surface area (Å²) in [6.45, 7) is 2.12. The molecule has 1 unspecified atom stereocenters. The molecule has 1 rings (SSSR count). The van der Waals surface area contributed by atoms with E-state index >= 15 is 0 Å². The Balaban J connectivity index is 2.88. The molecule has 0 amide bonds. The molecule has 1 atom stereocenters. The summed E-state index contributed by atoms with van der Waals surface area (Å²) in [7, 11) is -3.76. The van der Waals surface area contributed by atoms with Crippen LogP contribution < -0.4 is 4.72 Å². The molecular weight excluding hydrogens is 318 g/mol. The van der Waals surface area contributed by atoms with E-state index < -0.39 is 16.0 Å². The monoisotopic (exact) mass is 335 g/mol. The van der Waals surface area contributed by atoms with Crippen molar-refractivity contribution < 1.29 is 23.4 Å². The molecule has 0 heterocycles. The van der Waals surface area contributed by atoms with Crippen molar-refractivity contribution in [2.24, 2.45) is 5.92 Å². The maximum absolute atomic E-state index is 12.1. The second-order valence-corrected chi connectivity index (χ2v) is 6.76. The van der Waals surface area contributed by atoms with Crippen molar-refractivity contribution in [2.45, 2.75) is 24.7 Å². The lowest BCUT2D eigenvalue weighted by atomic mass is 10.0. The number of carboxylic acid groups (broad SMARTS) is 1. The van der Waals surface area contributed by atoms with Crippen LogP contribution in [0.2, 0.25) is 5.02 Å². The molecule has 6 nitrogen and oxygen atoms in total. The number of hydrogen-bond acceptors (Lipinski definition) is 4. The topological polar surface area (TPSA) is 104 Å². The first-order valence-electron chi connectivity index (χ1n) is 6.45. The largest absolute Gasteiger partial charge is 0.478 e.